The molecule has 1 atom stereocenters. The van der Waals surface area contributed by atoms with Gasteiger partial charge >= 0.3 is 0 Å². The van der Waals surface area contributed by atoms with E-state index in [0.717, 1.165) is 29.8 Å². The lowest BCUT2D eigenvalue weighted by Gasteiger charge is -2.15. The second kappa shape index (κ2) is 7.14. The first-order valence-electron chi connectivity index (χ1n) is 9.01. The van der Waals surface area contributed by atoms with Gasteiger partial charge in [0.15, 0.2) is 0 Å². The highest BCUT2D eigenvalue weighted by molar-refractivity contribution is 5.76. The number of aryl methyl sites for hydroxylation is 1. The van der Waals surface area contributed by atoms with Gasteiger partial charge in [0.2, 0.25) is 0 Å². The Balaban J connectivity index is 1.72. The van der Waals surface area contributed by atoms with Crippen molar-refractivity contribution in [2.75, 3.05) is 0 Å². The fourth-order valence-corrected chi connectivity index (χ4v) is 3.38. The van der Waals surface area contributed by atoms with Crippen molar-refractivity contribution in [1.29, 1.82) is 0 Å². The molecular formula is C23H23N3. The number of imidazole rings is 1. The predicted octanol–water partition coefficient (Wildman–Crippen LogP) is 4.64. The summed E-state index contributed by atoms with van der Waals surface area (Å²) in [6.07, 6.45) is 0.776. The fourth-order valence-electron chi connectivity index (χ4n) is 3.38. The van der Waals surface area contributed by atoms with Crippen molar-refractivity contribution in [2.24, 2.45) is 5.73 Å². The maximum atomic E-state index is 6.59. The minimum atomic E-state index is -0.143. The van der Waals surface area contributed by atoms with Crippen molar-refractivity contribution in [1.82, 2.24) is 9.55 Å². The third-order valence-corrected chi connectivity index (χ3v) is 4.78. The van der Waals surface area contributed by atoms with Gasteiger partial charge in [0.25, 0.3) is 0 Å². The first-order valence-corrected chi connectivity index (χ1v) is 9.01. The molecule has 0 aliphatic carbocycles. The SMILES string of the molecule is Cc1ccc(Cn2c(C(N)Cc3ccccc3)nc3ccccc32)cc1. The summed E-state index contributed by atoms with van der Waals surface area (Å²) < 4.78 is 2.26. The highest BCUT2D eigenvalue weighted by Gasteiger charge is 2.17. The Morgan fingerprint density at radius 3 is 2.31 bits per heavy atom. The summed E-state index contributed by atoms with van der Waals surface area (Å²) >= 11 is 0. The number of hydrogen-bond acceptors (Lipinski definition) is 2. The summed E-state index contributed by atoms with van der Waals surface area (Å²) in [6.45, 7) is 2.89. The van der Waals surface area contributed by atoms with E-state index in [-0.39, 0.29) is 6.04 Å². The lowest BCUT2D eigenvalue weighted by atomic mass is 10.1. The first kappa shape index (κ1) is 16.6. The Labute approximate surface area is 154 Å². The van der Waals surface area contributed by atoms with Gasteiger partial charge in [-0.3, -0.25) is 0 Å². The molecule has 4 rings (SSSR count). The number of fused-ring (bicyclic) bond motifs is 1. The Bertz CT molecular complexity index is 1000. The number of nitrogens with two attached hydrogens (primary N) is 1. The zero-order valence-electron chi connectivity index (χ0n) is 15.0. The monoisotopic (exact) mass is 341 g/mol. The topological polar surface area (TPSA) is 43.8 Å². The molecule has 0 fully saturated rings. The van der Waals surface area contributed by atoms with Crippen molar-refractivity contribution < 1.29 is 0 Å². The second-order valence-corrected chi connectivity index (χ2v) is 6.83. The third kappa shape index (κ3) is 3.39. The van der Waals surface area contributed by atoms with E-state index >= 15 is 0 Å². The van der Waals surface area contributed by atoms with Gasteiger partial charge in [-0.15, -0.1) is 0 Å². The van der Waals surface area contributed by atoms with Crippen molar-refractivity contribution in [3.63, 3.8) is 0 Å². The molecule has 26 heavy (non-hydrogen) atoms. The summed E-state index contributed by atoms with van der Waals surface area (Å²) in [6, 6.07) is 27.1. The number of aromatic nitrogens is 2. The maximum absolute atomic E-state index is 6.59. The van der Waals surface area contributed by atoms with Gasteiger partial charge in [-0.1, -0.05) is 72.3 Å². The van der Waals surface area contributed by atoms with Crippen molar-refractivity contribution >= 4 is 11.0 Å². The number of para-hydroxylation sites is 2. The molecule has 0 spiro atoms. The molecule has 1 heterocycles. The number of benzene rings is 3. The smallest absolute Gasteiger partial charge is 0.127 e. The Hall–Kier alpha value is -2.91. The molecule has 1 aromatic heterocycles. The molecule has 0 amide bonds. The van der Waals surface area contributed by atoms with Gasteiger partial charge in [0.1, 0.15) is 5.82 Å². The van der Waals surface area contributed by atoms with Crippen LogP contribution in [0.3, 0.4) is 0 Å². The van der Waals surface area contributed by atoms with Crippen LogP contribution in [0.25, 0.3) is 11.0 Å². The summed E-state index contributed by atoms with van der Waals surface area (Å²) in [7, 11) is 0. The zero-order valence-corrected chi connectivity index (χ0v) is 15.0. The lowest BCUT2D eigenvalue weighted by molar-refractivity contribution is 0.618. The van der Waals surface area contributed by atoms with Crippen LogP contribution >= 0.6 is 0 Å². The predicted molar refractivity (Wildman–Crippen MR) is 107 cm³/mol. The number of nitrogens with zero attached hydrogens (tertiary/aromatic N) is 2. The summed E-state index contributed by atoms with van der Waals surface area (Å²) in [5.74, 6) is 0.940. The molecule has 1 unspecified atom stereocenters. The van der Waals surface area contributed by atoms with Gasteiger partial charge in [-0.2, -0.15) is 0 Å². The van der Waals surface area contributed by atoms with E-state index in [1.807, 2.05) is 12.1 Å². The molecule has 130 valence electrons. The maximum Gasteiger partial charge on any atom is 0.127 e. The average Bonchev–Trinajstić information content (AvgIpc) is 3.03. The van der Waals surface area contributed by atoms with E-state index in [4.69, 9.17) is 10.7 Å². The van der Waals surface area contributed by atoms with E-state index < -0.39 is 0 Å². The van der Waals surface area contributed by atoms with Crippen LogP contribution in [0.15, 0.2) is 78.9 Å². The van der Waals surface area contributed by atoms with Crippen LogP contribution in [0, 0.1) is 6.92 Å². The number of hydrogen-bond donors (Lipinski definition) is 1. The van der Waals surface area contributed by atoms with E-state index in [1.54, 1.807) is 0 Å². The highest BCUT2D eigenvalue weighted by Crippen LogP contribution is 2.23. The summed E-state index contributed by atoms with van der Waals surface area (Å²) in [5, 5.41) is 0. The second-order valence-electron chi connectivity index (χ2n) is 6.83. The molecule has 3 heteroatoms. The van der Waals surface area contributed by atoms with Gasteiger partial charge in [-0.05, 0) is 36.6 Å². The van der Waals surface area contributed by atoms with Gasteiger partial charge in [0.05, 0.1) is 17.1 Å². The summed E-state index contributed by atoms with van der Waals surface area (Å²) in [5.41, 5.74) is 12.5. The Morgan fingerprint density at radius 1 is 0.846 bits per heavy atom. The van der Waals surface area contributed by atoms with Crippen LogP contribution in [0.5, 0.6) is 0 Å². The van der Waals surface area contributed by atoms with Gasteiger partial charge in [0, 0.05) is 6.54 Å². The van der Waals surface area contributed by atoms with Crippen molar-refractivity contribution in [2.45, 2.75) is 25.9 Å². The third-order valence-electron chi connectivity index (χ3n) is 4.78. The molecule has 0 radical (unpaired) electrons. The normalized spacial score (nSPS) is 12.4. The molecule has 0 saturated carbocycles. The van der Waals surface area contributed by atoms with Crippen LogP contribution in [0.4, 0.5) is 0 Å². The lowest BCUT2D eigenvalue weighted by Crippen LogP contribution is -2.19. The first-order chi connectivity index (χ1) is 12.7. The van der Waals surface area contributed by atoms with E-state index in [0.29, 0.717) is 0 Å². The standard InChI is InChI=1S/C23H23N3/c1-17-11-13-19(14-12-17)16-26-22-10-6-5-9-21(22)25-23(26)20(24)15-18-7-3-2-4-8-18/h2-14,20H,15-16,24H2,1H3. The van der Waals surface area contributed by atoms with E-state index in [1.165, 1.54) is 16.7 Å². The number of rotatable bonds is 5. The van der Waals surface area contributed by atoms with Gasteiger partial charge < -0.3 is 10.3 Å². The van der Waals surface area contributed by atoms with Crippen LogP contribution in [-0.4, -0.2) is 9.55 Å². The molecule has 2 N–H and O–H groups in total. The highest BCUT2D eigenvalue weighted by atomic mass is 15.1. The Kier molecular flexibility index (Phi) is 4.55. The van der Waals surface area contributed by atoms with Crippen molar-refractivity contribution in [3.05, 3.63) is 101 Å². The quantitative estimate of drug-likeness (QED) is 0.575. The summed E-state index contributed by atoms with van der Waals surface area (Å²) in [4.78, 5) is 4.86. The molecule has 0 aliphatic rings. The molecule has 0 saturated heterocycles. The Morgan fingerprint density at radius 2 is 1.54 bits per heavy atom. The molecule has 0 bridgehead atoms. The molecule has 4 aromatic rings. The van der Waals surface area contributed by atoms with E-state index in [9.17, 15) is 0 Å². The largest absolute Gasteiger partial charge is 0.322 e. The molecule has 0 aliphatic heterocycles. The minimum absolute atomic E-state index is 0.143. The molecule has 3 nitrogen and oxygen atoms in total. The molecular weight excluding hydrogens is 318 g/mol. The van der Waals surface area contributed by atoms with E-state index in [2.05, 4.69) is 78.2 Å². The fraction of sp³-hybridized carbons (Fsp3) is 0.174. The van der Waals surface area contributed by atoms with Crippen molar-refractivity contribution in [3.8, 4) is 0 Å². The van der Waals surface area contributed by atoms with Crippen LogP contribution in [-0.2, 0) is 13.0 Å². The minimum Gasteiger partial charge on any atom is -0.322 e. The van der Waals surface area contributed by atoms with Crippen LogP contribution < -0.4 is 5.73 Å². The average molecular weight is 341 g/mol. The van der Waals surface area contributed by atoms with Crippen LogP contribution in [0.2, 0.25) is 0 Å². The van der Waals surface area contributed by atoms with Crippen LogP contribution in [0.1, 0.15) is 28.6 Å². The molecule has 3 aromatic carbocycles. The zero-order chi connectivity index (χ0) is 17.9. The van der Waals surface area contributed by atoms with Gasteiger partial charge in [-0.25, -0.2) is 4.98 Å².